The molecule has 1 N–H and O–H groups in total. The summed E-state index contributed by atoms with van der Waals surface area (Å²) in [4.78, 5) is 11.3. The lowest BCUT2D eigenvalue weighted by Crippen LogP contribution is -2.32. The van der Waals surface area contributed by atoms with Crippen LogP contribution in [0.2, 0.25) is 0 Å². The van der Waals surface area contributed by atoms with Crippen molar-refractivity contribution in [2.24, 2.45) is 0 Å². The summed E-state index contributed by atoms with van der Waals surface area (Å²) in [6.07, 6.45) is 1.71. The van der Waals surface area contributed by atoms with E-state index in [2.05, 4.69) is 37.4 Å². The Labute approximate surface area is 90.7 Å². The molecule has 2 rings (SSSR count). The lowest BCUT2D eigenvalue weighted by atomic mass is 9.88. The predicted molar refractivity (Wildman–Crippen MR) is 60.9 cm³/mol. The van der Waals surface area contributed by atoms with Crippen molar-refractivity contribution >= 4 is 5.91 Å². The minimum atomic E-state index is 0.186. The van der Waals surface area contributed by atoms with E-state index in [0.717, 1.165) is 13.0 Å². The van der Waals surface area contributed by atoms with Crippen LogP contribution in [0.3, 0.4) is 0 Å². The SMILES string of the molecule is Cc1cc(C)cc(C2CCNC(=O)C2)c1. The van der Waals surface area contributed by atoms with Crippen LogP contribution in [-0.2, 0) is 4.79 Å². The molecule has 2 heteroatoms. The number of nitrogens with one attached hydrogen (secondary N) is 1. The largest absolute Gasteiger partial charge is 0.356 e. The van der Waals surface area contributed by atoms with Gasteiger partial charge in [-0.3, -0.25) is 4.79 Å². The Morgan fingerprint density at radius 1 is 1.20 bits per heavy atom. The van der Waals surface area contributed by atoms with Gasteiger partial charge in [0, 0.05) is 13.0 Å². The normalized spacial score (nSPS) is 21.2. The van der Waals surface area contributed by atoms with E-state index in [9.17, 15) is 4.79 Å². The molecule has 15 heavy (non-hydrogen) atoms. The van der Waals surface area contributed by atoms with Crippen LogP contribution >= 0.6 is 0 Å². The summed E-state index contributed by atoms with van der Waals surface area (Å²) in [7, 11) is 0. The Balaban J connectivity index is 2.24. The van der Waals surface area contributed by atoms with Crippen molar-refractivity contribution < 1.29 is 4.79 Å². The summed E-state index contributed by atoms with van der Waals surface area (Å²) in [5.41, 5.74) is 3.90. The first-order valence-electron chi connectivity index (χ1n) is 5.50. The first-order chi connectivity index (χ1) is 7.15. The van der Waals surface area contributed by atoms with Crippen LogP contribution in [0.5, 0.6) is 0 Å². The lowest BCUT2D eigenvalue weighted by Gasteiger charge is -2.23. The van der Waals surface area contributed by atoms with Gasteiger partial charge in [-0.2, -0.15) is 0 Å². The fourth-order valence-corrected chi connectivity index (χ4v) is 2.31. The first kappa shape index (κ1) is 10.2. The highest BCUT2D eigenvalue weighted by molar-refractivity contribution is 5.77. The molecule has 1 amide bonds. The summed E-state index contributed by atoms with van der Waals surface area (Å²) < 4.78 is 0. The monoisotopic (exact) mass is 203 g/mol. The van der Waals surface area contributed by atoms with Gasteiger partial charge in [0.25, 0.3) is 0 Å². The summed E-state index contributed by atoms with van der Waals surface area (Å²) in [5.74, 6) is 0.600. The Morgan fingerprint density at radius 2 is 1.87 bits per heavy atom. The van der Waals surface area contributed by atoms with Crippen LogP contribution in [0.1, 0.15) is 35.4 Å². The first-order valence-corrected chi connectivity index (χ1v) is 5.50. The number of carbonyl (C=O) groups is 1. The molecule has 2 nitrogen and oxygen atoms in total. The minimum Gasteiger partial charge on any atom is -0.356 e. The van der Waals surface area contributed by atoms with E-state index < -0.39 is 0 Å². The molecule has 0 bridgehead atoms. The van der Waals surface area contributed by atoms with E-state index in [1.807, 2.05) is 0 Å². The molecule has 80 valence electrons. The second kappa shape index (κ2) is 4.05. The van der Waals surface area contributed by atoms with Crippen LogP contribution < -0.4 is 5.32 Å². The van der Waals surface area contributed by atoms with Crippen LogP contribution in [0.15, 0.2) is 18.2 Å². The molecular formula is C13H17NO. The average Bonchev–Trinajstić information content (AvgIpc) is 2.16. The molecule has 1 atom stereocenters. The molecule has 1 aromatic rings. The van der Waals surface area contributed by atoms with Crippen molar-refractivity contribution in [3.8, 4) is 0 Å². The molecule has 1 aliphatic rings. The molecule has 1 fully saturated rings. The van der Waals surface area contributed by atoms with Crippen molar-refractivity contribution in [2.75, 3.05) is 6.54 Å². The zero-order valence-electron chi connectivity index (χ0n) is 9.34. The maximum absolute atomic E-state index is 11.3. The Bertz CT molecular complexity index is 364. The van der Waals surface area contributed by atoms with E-state index in [-0.39, 0.29) is 5.91 Å². The summed E-state index contributed by atoms with van der Waals surface area (Å²) in [5, 5.41) is 2.87. The molecule has 0 aromatic heterocycles. The van der Waals surface area contributed by atoms with Crippen LogP contribution in [-0.4, -0.2) is 12.5 Å². The molecule has 1 aromatic carbocycles. The smallest absolute Gasteiger partial charge is 0.220 e. The van der Waals surface area contributed by atoms with Crippen molar-refractivity contribution in [3.05, 3.63) is 34.9 Å². The second-order valence-corrected chi connectivity index (χ2v) is 4.46. The molecule has 0 saturated carbocycles. The van der Waals surface area contributed by atoms with E-state index in [4.69, 9.17) is 0 Å². The van der Waals surface area contributed by atoms with Crippen LogP contribution in [0.4, 0.5) is 0 Å². The van der Waals surface area contributed by atoms with E-state index >= 15 is 0 Å². The molecule has 0 aliphatic carbocycles. The summed E-state index contributed by atoms with van der Waals surface area (Å²) >= 11 is 0. The Kier molecular flexibility index (Phi) is 2.76. The molecule has 1 aliphatic heterocycles. The number of hydrogen-bond acceptors (Lipinski definition) is 1. The van der Waals surface area contributed by atoms with Crippen molar-refractivity contribution in [1.29, 1.82) is 0 Å². The van der Waals surface area contributed by atoms with Gasteiger partial charge in [0.1, 0.15) is 0 Å². The number of benzene rings is 1. The topological polar surface area (TPSA) is 29.1 Å². The third-order valence-electron chi connectivity index (χ3n) is 2.96. The van der Waals surface area contributed by atoms with Gasteiger partial charge in [0.2, 0.25) is 5.91 Å². The predicted octanol–water partition coefficient (Wildman–Crippen LogP) is 2.30. The van der Waals surface area contributed by atoms with Crippen molar-refractivity contribution in [3.63, 3.8) is 0 Å². The third-order valence-corrected chi connectivity index (χ3v) is 2.96. The van der Waals surface area contributed by atoms with E-state index in [0.29, 0.717) is 12.3 Å². The fourth-order valence-electron chi connectivity index (χ4n) is 2.31. The molecule has 0 radical (unpaired) electrons. The van der Waals surface area contributed by atoms with Gasteiger partial charge in [0.05, 0.1) is 0 Å². The Hall–Kier alpha value is -1.31. The molecule has 1 heterocycles. The number of rotatable bonds is 1. The summed E-state index contributed by atoms with van der Waals surface area (Å²) in [6, 6.07) is 6.58. The summed E-state index contributed by atoms with van der Waals surface area (Å²) in [6.45, 7) is 5.04. The average molecular weight is 203 g/mol. The maximum atomic E-state index is 11.3. The van der Waals surface area contributed by atoms with Gasteiger partial charge in [-0.25, -0.2) is 0 Å². The van der Waals surface area contributed by atoms with Crippen molar-refractivity contribution in [1.82, 2.24) is 5.32 Å². The van der Waals surface area contributed by atoms with Gasteiger partial charge < -0.3 is 5.32 Å². The molecule has 1 saturated heterocycles. The third kappa shape index (κ3) is 2.38. The van der Waals surface area contributed by atoms with Gasteiger partial charge in [-0.15, -0.1) is 0 Å². The number of amides is 1. The van der Waals surface area contributed by atoms with Crippen LogP contribution in [0.25, 0.3) is 0 Å². The van der Waals surface area contributed by atoms with E-state index in [1.54, 1.807) is 0 Å². The zero-order valence-corrected chi connectivity index (χ0v) is 9.34. The molecule has 0 spiro atoms. The number of piperidine rings is 1. The molecular weight excluding hydrogens is 186 g/mol. The van der Waals surface area contributed by atoms with Gasteiger partial charge in [-0.1, -0.05) is 29.3 Å². The zero-order chi connectivity index (χ0) is 10.8. The molecule has 1 unspecified atom stereocenters. The minimum absolute atomic E-state index is 0.186. The van der Waals surface area contributed by atoms with Crippen LogP contribution in [0, 0.1) is 13.8 Å². The highest BCUT2D eigenvalue weighted by Gasteiger charge is 2.20. The highest BCUT2D eigenvalue weighted by Crippen LogP contribution is 2.27. The number of carbonyl (C=O) groups excluding carboxylic acids is 1. The maximum Gasteiger partial charge on any atom is 0.220 e. The van der Waals surface area contributed by atoms with Gasteiger partial charge in [-0.05, 0) is 31.7 Å². The highest BCUT2D eigenvalue weighted by atomic mass is 16.1. The number of hydrogen-bond donors (Lipinski definition) is 1. The number of aryl methyl sites for hydroxylation is 2. The Morgan fingerprint density at radius 3 is 2.47 bits per heavy atom. The van der Waals surface area contributed by atoms with Gasteiger partial charge >= 0.3 is 0 Å². The van der Waals surface area contributed by atoms with Gasteiger partial charge in [0.15, 0.2) is 0 Å². The quantitative estimate of drug-likeness (QED) is 0.745. The van der Waals surface area contributed by atoms with E-state index in [1.165, 1.54) is 16.7 Å². The van der Waals surface area contributed by atoms with Crippen molar-refractivity contribution in [2.45, 2.75) is 32.6 Å². The standard InChI is InChI=1S/C13H17NO/c1-9-5-10(2)7-12(6-9)11-3-4-14-13(15)8-11/h5-7,11H,3-4,8H2,1-2H3,(H,14,15). The second-order valence-electron chi connectivity index (χ2n) is 4.46. The fraction of sp³-hybridized carbons (Fsp3) is 0.462. The lowest BCUT2D eigenvalue weighted by molar-refractivity contribution is -0.122.